The van der Waals surface area contributed by atoms with E-state index in [-0.39, 0.29) is 5.97 Å². The number of esters is 1. The van der Waals surface area contributed by atoms with Crippen molar-refractivity contribution in [3.05, 3.63) is 64.2 Å². The first kappa shape index (κ1) is 15.4. The highest BCUT2D eigenvalue weighted by atomic mass is 35.5. The Morgan fingerprint density at radius 2 is 1.81 bits per heavy atom. The van der Waals surface area contributed by atoms with Gasteiger partial charge in [0.2, 0.25) is 0 Å². The van der Waals surface area contributed by atoms with Crippen LogP contribution in [-0.4, -0.2) is 13.1 Å². The molecule has 0 heterocycles. The maximum atomic E-state index is 11.5. The number of hydrogen-bond acceptors (Lipinski definition) is 3. The number of hydrogen-bond donors (Lipinski definition) is 1. The molecule has 2 aromatic rings. The van der Waals surface area contributed by atoms with Crippen LogP contribution >= 0.6 is 11.6 Å². The third kappa shape index (κ3) is 3.99. The van der Waals surface area contributed by atoms with Crippen LogP contribution in [0.1, 0.15) is 28.4 Å². The number of aryl methyl sites for hydroxylation is 1. The van der Waals surface area contributed by atoms with Crippen LogP contribution in [0, 0.1) is 0 Å². The molecular formula is C17H18ClNO2. The summed E-state index contributed by atoms with van der Waals surface area (Å²) >= 11 is 6.14. The van der Waals surface area contributed by atoms with Gasteiger partial charge in [0, 0.05) is 6.54 Å². The van der Waals surface area contributed by atoms with E-state index < -0.39 is 0 Å². The fourth-order valence-corrected chi connectivity index (χ4v) is 2.18. The highest BCUT2D eigenvalue weighted by Crippen LogP contribution is 2.24. The third-order valence-electron chi connectivity index (χ3n) is 3.30. The molecule has 2 aromatic carbocycles. The minimum absolute atomic E-state index is 0.373. The molecule has 0 aliphatic rings. The molecule has 0 amide bonds. The molecule has 0 bridgehead atoms. The number of methoxy groups -OCH3 is 1. The van der Waals surface area contributed by atoms with Gasteiger partial charge < -0.3 is 10.1 Å². The van der Waals surface area contributed by atoms with Crippen LogP contribution < -0.4 is 5.32 Å². The summed E-state index contributed by atoms with van der Waals surface area (Å²) in [5.41, 5.74) is 3.67. The number of carbonyl (C=O) groups is 1. The molecule has 0 saturated carbocycles. The quantitative estimate of drug-likeness (QED) is 0.837. The molecule has 0 fully saturated rings. The van der Waals surface area contributed by atoms with Crippen molar-refractivity contribution in [1.29, 1.82) is 0 Å². The van der Waals surface area contributed by atoms with Crippen molar-refractivity contribution >= 4 is 23.3 Å². The zero-order chi connectivity index (χ0) is 15.2. The third-order valence-corrected chi connectivity index (χ3v) is 3.63. The Morgan fingerprint density at radius 3 is 2.43 bits per heavy atom. The molecule has 110 valence electrons. The fraction of sp³-hybridized carbons (Fsp3) is 0.235. The van der Waals surface area contributed by atoms with E-state index in [0.29, 0.717) is 17.1 Å². The lowest BCUT2D eigenvalue weighted by Crippen LogP contribution is -2.04. The van der Waals surface area contributed by atoms with Gasteiger partial charge in [-0.15, -0.1) is 0 Å². The van der Waals surface area contributed by atoms with Gasteiger partial charge in [0.1, 0.15) is 0 Å². The number of nitrogens with one attached hydrogen (secondary N) is 1. The summed E-state index contributed by atoms with van der Waals surface area (Å²) in [6.07, 6.45) is 1.03. The average molecular weight is 304 g/mol. The van der Waals surface area contributed by atoms with E-state index in [9.17, 15) is 4.79 Å². The molecule has 4 heteroatoms. The van der Waals surface area contributed by atoms with Crippen LogP contribution in [-0.2, 0) is 17.7 Å². The SMILES string of the molecule is CCc1ccc(CNc2cc(C(=O)OC)ccc2Cl)cc1. The number of rotatable bonds is 5. The minimum atomic E-state index is -0.373. The van der Waals surface area contributed by atoms with Crippen LogP contribution in [0.5, 0.6) is 0 Å². The molecule has 0 spiro atoms. The van der Waals surface area contributed by atoms with Crippen molar-refractivity contribution in [2.45, 2.75) is 19.9 Å². The van der Waals surface area contributed by atoms with Gasteiger partial charge in [-0.2, -0.15) is 0 Å². The van der Waals surface area contributed by atoms with Crippen LogP contribution in [0.15, 0.2) is 42.5 Å². The Balaban J connectivity index is 2.09. The second-order valence-electron chi connectivity index (χ2n) is 4.71. The number of halogens is 1. The Hall–Kier alpha value is -2.00. The molecule has 0 aliphatic heterocycles. The molecule has 2 rings (SSSR count). The Morgan fingerprint density at radius 1 is 1.14 bits per heavy atom. The normalized spacial score (nSPS) is 10.2. The molecule has 0 aromatic heterocycles. The molecule has 21 heavy (non-hydrogen) atoms. The van der Waals surface area contributed by atoms with Gasteiger partial charge in [-0.1, -0.05) is 42.8 Å². The lowest BCUT2D eigenvalue weighted by atomic mass is 10.1. The van der Waals surface area contributed by atoms with Gasteiger partial charge in [-0.05, 0) is 35.7 Å². The lowest BCUT2D eigenvalue weighted by Gasteiger charge is -2.10. The standard InChI is InChI=1S/C17H18ClNO2/c1-3-12-4-6-13(7-5-12)11-19-16-10-14(17(20)21-2)8-9-15(16)18/h4-10,19H,3,11H2,1-2H3. The van der Waals surface area contributed by atoms with E-state index in [1.54, 1.807) is 18.2 Å². The van der Waals surface area contributed by atoms with E-state index in [4.69, 9.17) is 16.3 Å². The fourth-order valence-electron chi connectivity index (χ4n) is 2.00. The predicted molar refractivity (Wildman–Crippen MR) is 85.9 cm³/mol. The van der Waals surface area contributed by atoms with Gasteiger partial charge >= 0.3 is 5.97 Å². The molecule has 0 unspecified atom stereocenters. The van der Waals surface area contributed by atoms with Gasteiger partial charge in [0.25, 0.3) is 0 Å². The maximum Gasteiger partial charge on any atom is 0.337 e. The minimum Gasteiger partial charge on any atom is -0.465 e. The van der Waals surface area contributed by atoms with E-state index in [1.165, 1.54) is 12.7 Å². The first-order valence-electron chi connectivity index (χ1n) is 6.83. The zero-order valence-electron chi connectivity index (χ0n) is 12.2. The molecule has 0 aliphatic carbocycles. The number of carbonyl (C=O) groups excluding carboxylic acids is 1. The topological polar surface area (TPSA) is 38.3 Å². The molecule has 0 saturated heterocycles. The van der Waals surface area contributed by atoms with Crippen molar-refractivity contribution in [3.8, 4) is 0 Å². The van der Waals surface area contributed by atoms with Crippen molar-refractivity contribution in [2.75, 3.05) is 12.4 Å². The van der Waals surface area contributed by atoms with E-state index in [2.05, 4.69) is 36.5 Å². The Labute approximate surface area is 129 Å². The monoisotopic (exact) mass is 303 g/mol. The second-order valence-corrected chi connectivity index (χ2v) is 5.12. The van der Waals surface area contributed by atoms with Crippen LogP contribution in [0.4, 0.5) is 5.69 Å². The smallest absolute Gasteiger partial charge is 0.337 e. The summed E-state index contributed by atoms with van der Waals surface area (Å²) in [6, 6.07) is 13.4. The zero-order valence-corrected chi connectivity index (χ0v) is 12.9. The summed E-state index contributed by atoms with van der Waals surface area (Å²) in [5.74, 6) is -0.373. The first-order chi connectivity index (χ1) is 10.1. The average Bonchev–Trinajstić information content (AvgIpc) is 2.53. The molecular weight excluding hydrogens is 286 g/mol. The molecule has 0 radical (unpaired) electrons. The van der Waals surface area contributed by atoms with Crippen LogP contribution in [0.25, 0.3) is 0 Å². The number of benzene rings is 2. The summed E-state index contributed by atoms with van der Waals surface area (Å²) in [6.45, 7) is 2.78. The lowest BCUT2D eigenvalue weighted by molar-refractivity contribution is 0.0601. The number of anilines is 1. The van der Waals surface area contributed by atoms with Crippen molar-refractivity contribution in [2.24, 2.45) is 0 Å². The van der Waals surface area contributed by atoms with Gasteiger partial charge in [0.05, 0.1) is 23.4 Å². The molecule has 1 N–H and O–H groups in total. The predicted octanol–water partition coefficient (Wildman–Crippen LogP) is 4.30. The second kappa shape index (κ2) is 7.14. The van der Waals surface area contributed by atoms with Crippen molar-refractivity contribution < 1.29 is 9.53 Å². The first-order valence-corrected chi connectivity index (χ1v) is 7.21. The largest absolute Gasteiger partial charge is 0.465 e. The number of ether oxygens (including phenoxy) is 1. The van der Waals surface area contributed by atoms with E-state index in [0.717, 1.165) is 17.7 Å². The van der Waals surface area contributed by atoms with Gasteiger partial charge in [-0.3, -0.25) is 0 Å². The molecule has 3 nitrogen and oxygen atoms in total. The summed E-state index contributed by atoms with van der Waals surface area (Å²) in [7, 11) is 1.36. The Kier molecular flexibility index (Phi) is 5.23. The highest BCUT2D eigenvalue weighted by molar-refractivity contribution is 6.33. The van der Waals surface area contributed by atoms with E-state index >= 15 is 0 Å². The van der Waals surface area contributed by atoms with Gasteiger partial charge in [0.15, 0.2) is 0 Å². The van der Waals surface area contributed by atoms with E-state index in [1.807, 2.05) is 0 Å². The van der Waals surface area contributed by atoms with Crippen LogP contribution in [0.3, 0.4) is 0 Å². The summed E-state index contributed by atoms with van der Waals surface area (Å²) in [4.78, 5) is 11.5. The highest BCUT2D eigenvalue weighted by Gasteiger charge is 2.08. The van der Waals surface area contributed by atoms with Crippen molar-refractivity contribution in [3.63, 3.8) is 0 Å². The van der Waals surface area contributed by atoms with Crippen molar-refractivity contribution in [1.82, 2.24) is 0 Å². The van der Waals surface area contributed by atoms with Crippen LogP contribution in [0.2, 0.25) is 5.02 Å². The Bertz CT molecular complexity index is 623. The summed E-state index contributed by atoms with van der Waals surface area (Å²) in [5, 5.41) is 3.82. The molecule has 0 atom stereocenters. The summed E-state index contributed by atoms with van der Waals surface area (Å²) < 4.78 is 4.71. The van der Waals surface area contributed by atoms with Gasteiger partial charge in [-0.25, -0.2) is 4.79 Å². The maximum absolute atomic E-state index is 11.5.